The molecule has 1 nitrogen and oxygen atoms in total. The van der Waals surface area contributed by atoms with Crippen LogP contribution in [0.15, 0.2) is 42.5 Å². The second kappa shape index (κ2) is 6.67. The summed E-state index contributed by atoms with van der Waals surface area (Å²) in [4.78, 5) is 0. The maximum absolute atomic E-state index is 13.4. The molecule has 0 aromatic heterocycles. The zero-order valence-corrected chi connectivity index (χ0v) is 12.2. The van der Waals surface area contributed by atoms with Crippen molar-refractivity contribution < 1.29 is 4.39 Å². The quantitative estimate of drug-likeness (QED) is 0.849. The monoisotopic (exact) mass is 271 g/mol. The van der Waals surface area contributed by atoms with E-state index >= 15 is 0 Å². The number of unbranched alkanes of at least 4 members (excludes halogenated alkanes) is 1. The van der Waals surface area contributed by atoms with Crippen LogP contribution in [-0.2, 0) is 6.42 Å². The van der Waals surface area contributed by atoms with Crippen LogP contribution in [0.1, 0.15) is 48.1 Å². The van der Waals surface area contributed by atoms with Crippen molar-refractivity contribution in [2.75, 3.05) is 0 Å². The first-order chi connectivity index (χ1) is 9.61. The smallest absolute Gasteiger partial charge is 0.123 e. The van der Waals surface area contributed by atoms with Crippen LogP contribution in [0.25, 0.3) is 0 Å². The van der Waals surface area contributed by atoms with Gasteiger partial charge >= 0.3 is 0 Å². The average molecular weight is 271 g/mol. The van der Waals surface area contributed by atoms with Crippen LogP contribution in [-0.4, -0.2) is 0 Å². The minimum atomic E-state index is -0.272. The van der Waals surface area contributed by atoms with Gasteiger partial charge in [0.25, 0.3) is 0 Å². The van der Waals surface area contributed by atoms with Crippen molar-refractivity contribution in [3.8, 4) is 0 Å². The van der Waals surface area contributed by atoms with Crippen molar-refractivity contribution >= 4 is 0 Å². The summed E-state index contributed by atoms with van der Waals surface area (Å²) in [6.07, 6.45) is 3.50. The van der Waals surface area contributed by atoms with E-state index in [1.165, 1.54) is 30.5 Å². The predicted octanol–water partition coefficient (Wildman–Crippen LogP) is 4.52. The number of nitrogens with two attached hydrogens (primary N) is 1. The Hall–Kier alpha value is -1.67. The SMILES string of the molecule is CCCCc1ccc(C(N)c2cc(F)ccc2C)cc1. The van der Waals surface area contributed by atoms with Crippen LogP contribution in [0.5, 0.6) is 0 Å². The third-order valence-corrected chi connectivity index (χ3v) is 3.73. The van der Waals surface area contributed by atoms with Gasteiger partial charge in [-0.25, -0.2) is 4.39 Å². The van der Waals surface area contributed by atoms with Crippen LogP contribution < -0.4 is 5.73 Å². The number of rotatable bonds is 5. The Labute approximate surface area is 120 Å². The Morgan fingerprint density at radius 1 is 1.10 bits per heavy atom. The summed E-state index contributed by atoms with van der Waals surface area (Å²) in [5.74, 6) is -0.236. The topological polar surface area (TPSA) is 26.0 Å². The molecule has 0 saturated carbocycles. The molecule has 0 amide bonds. The molecular weight excluding hydrogens is 249 g/mol. The molecule has 0 spiro atoms. The highest BCUT2D eigenvalue weighted by Crippen LogP contribution is 2.24. The van der Waals surface area contributed by atoms with E-state index in [-0.39, 0.29) is 11.9 Å². The number of benzene rings is 2. The Kier molecular flexibility index (Phi) is 4.91. The number of aryl methyl sites for hydroxylation is 2. The summed E-state index contributed by atoms with van der Waals surface area (Å²) < 4.78 is 13.4. The molecule has 0 aliphatic rings. The predicted molar refractivity (Wildman–Crippen MR) is 82.2 cm³/mol. The van der Waals surface area contributed by atoms with Gasteiger partial charge in [-0.05, 0) is 54.2 Å². The van der Waals surface area contributed by atoms with E-state index < -0.39 is 0 Å². The highest BCUT2D eigenvalue weighted by molar-refractivity contribution is 5.37. The lowest BCUT2D eigenvalue weighted by Crippen LogP contribution is -2.13. The van der Waals surface area contributed by atoms with E-state index in [0.29, 0.717) is 0 Å². The van der Waals surface area contributed by atoms with Gasteiger partial charge in [-0.3, -0.25) is 0 Å². The van der Waals surface area contributed by atoms with Crippen molar-refractivity contribution in [1.29, 1.82) is 0 Å². The first-order valence-corrected chi connectivity index (χ1v) is 7.22. The van der Waals surface area contributed by atoms with Gasteiger partial charge in [0.15, 0.2) is 0 Å². The lowest BCUT2D eigenvalue weighted by molar-refractivity contribution is 0.622. The van der Waals surface area contributed by atoms with E-state index in [1.807, 2.05) is 6.92 Å². The fraction of sp³-hybridized carbons (Fsp3) is 0.333. The molecule has 0 radical (unpaired) electrons. The molecule has 20 heavy (non-hydrogen) atoms. The highest BCUT2D eigenvalue weighted by atomic mass is 19.1. The molecule has 0 fully saturated rings. The first-order valence-electron chi connectivity index (χ1n) is 7.22. The van der Waals surface area contributed by atoms with Crippen molar-refractivity contribution in [2.45, 2.75) is 39.2 Å². The molecule has 2 N–H and O–H groups in total. The second-order valence-electron chi connectivity index (χ2n) is 5.32. The molecule has 2 aromatic carbocycles. The third kappa shape index (κ3) is 3.45. The Bertz CT molecular complexity index is 560. The van der Waals surface area contributed by atoms with Crippen molar-refractivity contribution in [1.82, 2.24) is 0 Å². The molecule has 0 heterocycles. The molecule has 106 valence electrons. The lowest BCUT2D eigenvalue weighted by Gasteiger charge is -2.16. The van der Waals surface area contributed by atoms with Gasteiger partial charge in [0.2, 0.25) is 0 Å². The van der Waals surface area contributed by atoms with Crippen molar-refractivity contribution in [3.63, 3.8) is 0 Å². The molecule has 0 bridgehead atoms. The van der Waals surface area contributed by atoms with Crippen molar-refractivity contribution in [2.24, 2.45) is 5.73 Å². The van der Waals surface area contributed by atoms with Crippen LogP contribution in [0.2, 0.25) is 0 Å². The Morgan fingerprint density at radius 2 is 1.80 bits per heavy atom. The highest BCUT2D eigenvalue weighted by Gasteiger charge is 2.12. The summed E-state index contributed by atoms with van der Waals surface area (Å²) in [5, 5.41) is 0. The van der Waals surface area contributed by atoms with Gasteiger partial charge < -0.3 is 5.73 Å². The second-order valence-corrected chi connectivity index (χ2v) is 5.32. The third-order valence-electron chi connectivity index (χ3n) is 3.73. The molecule has 0 aliphatic heterocycles. The molecule has 1 unspecified atom stereocenters. The minimum Gasteiger partial charge on any atom is -0.320 e. The van der Waals surface area contributed by atoms with Gasteiger partial charge in [0.1, 0.15) is 5.82 Å². The van der Waals surface area contributed by atoms with E-state index in [2.05, 4.69) is 31.2 Å². The molecule has 0 saturated heterocycles. The zero-order valence-electron chi connectivity index (χ0n) is 12.2. The fourth-order valence-electron chi connectivity index (χ4n) is 2.40. The normalized spacial score (nSPS) is 12.4. The van der Waals surface area contributed by atoms with Gasteiger partial charge in [-0.15, -0.1) is 0 Å². The lowest BCUT2D eigenvalue weighted by atomic mass is 9.94. The van der Waals surface area contributed by atoms with E-state index in [1.54, 1.807) is 6.07 Å². The van der Waals surface area contributed by atoms with Gasteiger partial charge in [-0.2, -0.15) is 0 Å². The maximum Gasteiger partial charge on any atom is 0.123 e. The Morgan fingerprint density at radius 3 is 2.45 bits per heavy atom. The number of halogens is 1. The average Bonchev–Trinajstić information content (AvgIpc) is 2.47. The minimum absolute atomic E-state index is 0.236. The molecule has 2 heteroatoms. The summed E-state index contributed by atoms with van der Waals surface area (Å²) in [6.45, 7) is 4.15. The van der Waals surface area contributed by atoms with Gasteiger partial charge in [-0.1, -0.05) is 43.7 Å². The Balaban J connectivity index is 2.20. The summed E-state index contributed by atoms with van der Waals surface area (Å²) in [5.41, 5.74) is 10.5. The van der Waals surface area contributed by atoms with Crippen molar-refractivity contribution in [3.05, 3.63) is 70.5 Å². The molecular formula is C18H22FN. The van der Waals surface area contributed by atoms with Crippen LogP contribution in [0.3, 0.4) is 0 Å². The largest absolute Gasteiger partial charge is 0.320 e. The number of hydrogen-bond acceptors (Lipinski definition) is 1. The summed E-state index contributed by atoms with van der Waals surface area (Å²) in [7, 11) is 0. The first kappa shape index (κ1) is 14.7. The maximum atomic E-state index is 13.4. The number of hydrogen-bond donors (Lipinski definition) is 1. The van der Waals surface area contributed by atoms with Gasteiger partial charge in [0.05, 0.1) is 6.04 Å². The van der Waals surface area contributed by atoms with E-state index in [0.717, 1.165) is 23.1 Å². The van der Waals surface area contributed by atoms with Crippen LogP contribution in [0.4, 0.5) is 4.39 Å². The van der Waals surface area contributed by atoms with E-state index in [9.17, 15) is 4.39 Å². The zero-order chi connectivity index (χ0) is 14.5. The molecule has 2 rings (SSSR count). The molecule has 2 aromatic rings. The molecule has 1 atom stereocenters. The standard InChI is InChI=1S/C18H22FN/c1-3-4-5-14-7-9-15(10-8-14)18(20)17-12-16(19)11-6-13(17)2/h6-12,18H,3-5,20H2,1-2H3. The summed E-state index contributed by atoms with van der Waals surface area (Å²) in [6, 6.07) is 12.9. The fourth-order valence-corrected chi connectivity index (χ4v) is 2.40. The van der Waals surface area contributed by atoms with Crippen LogP contribution >= 0.6 is 0 Å². The van der Waals surface area contributed by atoms with Gasteiger partial charge in [0, 0.05) is 0 Å². The summed E-state index contributed by atoms with van der Waals surface area (Å²) >= 11 is 0. The van der Waals surface area contributed by atoms with E-state index in [4.69, 9.17) is 5.73 Å². The molecule has 0 aliphatic carbocycles. The van der Waals surface area contributed by atoms with Crippen LogP contribution in [0, 0.1) is 12.7 Å².